The highest BCUT2D eigenvalue weighted by molar-refractivity contribution is 6.02. The van der Waals surface area contributed by atoms with E-state index in [1.807, 2.05) is 0 Å². The molecule has 75 heavy (non-hydrogen) atoms. The average molecular weight is 1040 g/mol. The van der Waals surface area contributed by atoms with Crippen LogP contribution in [-0.4, -0.2) is 118 Å². The molecule has 5 heterocycles. The van der Waals surface area contributed by atoms with Crippen molar-refractivity contribution in [3.63, 3.8) is 0 Å². The fourth-order valence-electron chi connectivity index (χ4n) is 9.98. The van der Waals surface area contributed by atoms with Crippen molar-refractivity contribution in [1.82, 2.24) is 46.4 Å². The molecule has 8 rings (SSSR count). The highest BCUT2D eigenvalue weighted by atomic mass is 19.1. The van der Waals surface area contributed by atoms with Crippen molar-refractivity contribution in [3.05, 3.63) is 97.6 Å². The number of aromatic nitrogens is 2. The van der Waals surface area contributed by atoms with Gasteiger partial charge in [-0.05, 0) is 67.3 Å². The summed E-state index contributed by atoms with van der Waals surface area (Å²) in [5, 5.41) is 27.4. The van der Waals surface area contributed by atoms with Crippen LogP contribution in [0.1, 0.15) is 103 Å². The number of aryl methyl sites for hydroxylation is 1. The summed E-state index contributed by atoms with van der Waals surface area (Å²) in [5.41, 5.74) is 1.85. The van der Waals surface area contributed by atoms with E-state index in [0.717, 1.165) is 5.56 Å². The predicted molar refractivity (Wildman–Crippen MR) is 263 cm³/mol. The third-order valence-electron chi connectivity index (χ3n) is 14.0. The van der Waals surface area contributed by atoms with Crippen LogP contribution in [0, 0.1) is 12.7 Å². The number of hydrogen-bond acceptors (Lipinski definition) is 14. The number of nitrogens with zero attached hydrogens (tertiary/aromatic N) is 3. The molecular weight excluding hydrogens is 978 g/mol. The molecule has 3 atom stereocenters. The van der Waals surface area contributed by atoms with E-state index in [4.69, 9.17) is 14.5 Å². The lowest BCUT2D eigenvalue weighted by atomic mass is 9.81. The van der Waals surface area contributed by atoms with Gasteiger partial charge in [0.2, 0.25) is 47.3 Å². The number of esters is 1. The summed E-state index contributed by atoms with van der Waals surface area (Å²) < 4.78 is 27.5. The zero-order valence-corrected chi connectivity index (χ0v) is 41.5. The van der Waals surface area contributed by atoms with Crippen molar-refractivity contribution in [1.29, 1.82) is 0 Å². The maximum atomic E-state index is 15.4. The molecule has 4 aromatic rings. The van der Waals surface area contributed by atoms with Crippen molar-refractivity contribution in [2.24, 2.45) is 0 Å². The minimum absolute atomic E-state index is 0.0397. The molecule has 0 bridgehead atoms. The van der Waals surface area contributed by atoms with Crippen LogP contribution < -0.4 is 37.5 Å². The molecule has 0 spiro atoms. The van der Waals surface area contributed by atoms with Gasteiger partial charge in [0, 0.05) is 54.8 Å². The van der Waals surface area contributed by atoms with Gasteiger partial charge in [0.1, 0.15) is 31.8 Å². The number of ether oxygens (including phenoxy) is 2. The van der Waals surface area contributed by atoms with E-state index in [-0.39, 0.29) is 74.1 Å². The molecule has 1 aliphatic carbocycles. The number of carbonyl (C=O) groups is 9. The molecule has 2 aromatic carbocycles. The molecule has 3 unspecified atom stereocenters. The van der Waals surface area contributed by atoms with Gasteiger partial charge in [0.05, 0.1) is 54.7 Å². The van der Waals surface area contributed by atoms with Gasteiger partial charge in [-0.3, -0.25) is 48.1 Å². The molecule has 4 aliphatic rings. The zero-order valence-electron chi connectivity index (χ0n) is 41.5. The van der Waals surface area contributed by atoms with Gasteiger partial charge in [-0.1, -0.05) is 43.7 Å². The number of cyclic esters (lactones) is 1. The van der Waals surface area contributed by atoms with Crippen molar-refractivity contribution in [2.45, 2.75) is 109 Å². The number of likely N-dealkylation sites (tertiary alicyclic amines) is 1. The van der Waals surface area contributed by atoms with Gasteiger partial charge >= 0.3 is 5.97 Å². The second kappa shape index (κ2) is 23.1. The van der Waals surface area contributed by atoms with E-state index >= 15 is 4.39 Å². The van der Waals surface area contributed by atoms with E-state index in [2.05, 4.69) is 31.9 Å². The molecular formula is C52H58FN9O13. The molecule has 0 saturated carbocycles. The molecule has 8 amide bonds. The number of rotatable bonds is 22. The number of hydrogen-bond donors (Lipinski definition) is 7. The Bertz CT molecular complexity index is 3040. The first-order valence-electron chi connectivity index (χ1n) is 24.9. The van der Waals surface area contributed by atoms with Gasteiger partial charge in [0.25, 0.3) is 5.56 Å². The monoisotopic (exact) mass is 1040 g/mol. The Morgan fingerprint density at radius 3 is 2.31 bits per heavy atom. The second-order valence-corrected chi connectivity index (χ2v) is 18.9. The first-order chi connectivity index (χ1) is 36.0. The van der Waals surface area contributed by atoms with Gasteiger partial charge in [-0.15, -0.1) is 0 Å². The third-order valence-corrected chi connectivity index (χ3v) is 14.0. The highest BCUT2D eigenvalue weighted by Gasteiger charge is 2.46. The SMILES string of the molecule is CCC1(O)C(=O)OCc2c1cc1n(c2=O)Cc2c-1nc1cc(F)c(C)c3c1c2C(NC(=O)COCNC(=O)CNC(=O)C(Cc1ccccc1)NC(=O)CNC(=O)CNC(=O)CCCCCN1C(=O)CCC1=O)CC3. The van der Waals surface area contributed by atoms with Crippen LogP contribution in [-0.2, 0) is 84.2 Å². The topological polar surface area (TPSA) is 303 Å². The maximum Gasteiger partial charge on any atom is 0.343 e. The summed E-state index contributed by atoms with van der Waals surface area (Å²) in [4.78, 5) is 133. The van der Waals surface area contributed by atoms with Crippen LogP contribution in [0.3, 0.4) is 0 Å². The lowest BCUT2D eigenvalue weighted by Gasteiger charge is -2.31. The summed E-state index contributed by atoms with van der Waals surface area (Å²) in [6.07, 6.45) is 2.96. The average Bonchev–Trinajstić information content (AvgIpc) is 3.98. The Morgan fingerprint density at radius 1 is 0.853 bits per heavy atom. The smallest absolute Gasteiger partial charge is 0.343 e. The summed E-state index contributed by atoms with van der Waals surface area (Å²) >= 11 is 0. The lowest BCUT2D eigenvalue weighted by Crippen LogP contribution is -2.52. The van der Waals surface area contributed by atoms with Crippen LogP contribution in [0.15, 0.2) is 47.3 Å². The number of carbonyl (C=O) groups excluding carboxylic acids is 9. The summed E-state index contributed by atoms with van der Waals surface area (Å²) in [7, 11) is 0. The third kappa shape index (κ3) is 11.7. The maximum absolute atomic E-state index is 15.4. The van der Waals surface area contributed by atoms with Crippen LogP contribution in [0.25, 0.3) is 22.3 Å². The molecule has 2 aromatic heterocycles. The lowest BCUT2D eigenvalue weighted by molar-refractivity contribution is -0.172. The van der Waals surface area contributed by atoms with Gasteiger partial charge in [-0.25, -0.2) is 14.2 Å². The summed E-state index contributed by atoms with van der Waals surface area (Å²) in [5.74, 6) is -5.40. The standard InChI is InChI=1S/C52H58FN9O13/c1-3-52(73)33-19-38-48-31(24-62(38)50(71)32(33)25-75-51(52)72)47-35(14-13-30-28(2)34(53)20-36(60-48)46(30)47)58-43(67)26-74-27-57-41(65)22-56-49(70)37(18-29-10-6-4-7-11-29)59-42(66)23-55-40(64)21-54-39(63)12-8-5-9-17-61-44(68)15-16-45(61)69/h4,6-7,10-11,19-20,35,37,73H,3,5,8-9,12-18,21-27H2,1-2H3,(H,54,63)(H,55,64)(H,56,70)(H,57,65)(H,58,67)(H,59,66). The number of amides is 8. The molecule has 23 heteroatoms. The first kappa shape index (κ1) is 53.4. The van der Waals surface area contributed by atoms with E-state index in [1.165, 1.54) is 15.5 Å². The Kier molecular flexibility index (Phi) is 16.4. The summed E-state index contributed by atoms with van der Waals surface area (Å²) in [6.45, 7) is 0.965. The van der Waals surface area contributed by atoms with E-state index < -0.39 is 97.5 Å². The minimum Gasteiger partial charge on any atom is -0.458 e. The fraction of sp³-hybridized carbons (Fsp3) is 0.442. The Morgan fingerprint density at radius 2 is 1.56 bits per heavy atom. The van der Waals surface area contributed by atoms with Crippen molar-refractivity contribution < 1.29 is 62.1 Å². The number of unbranched alkanes of at least 4 members (excludes halogenated alkanes) is 2. The minimum atomic E-state index is -2.05. The zero-order chi connectivity index (χ0) is 53.6. The number of imide groups is 1. The molecule has 7 N–H and O–H groups in total. The number of pyridine rings is 2. The van der Waals surface area contributed by atoms with Crippen LogP contribution in [0.2, 0.25) is 0 Å². The van der Waals surface area contributed by atoms with Crippen LogP contribution >= 0.6 is 0 Å². The van der Waals surface area contributed by atoms with Crippen LogP contribution in [0.4, 0.5) is 4.39 Å². The number of nitrogens with one attached hydrogen (secondary N) is 6. The molecule has 396 valence electrons. The van der Waals surface area contributed by atoms with E-state index in [1.54, 1.807) is 50.2 Å². The fourth-order valence-corrected chi connectivity index (χ4v) is 9.98. The molecule has 3 aliphatic heterocycles. The van der Waals surface area contributed by atoms with E-state index in [0.29, 0.717) is 83.2 Å². The number of fused-ring (bicyclic) bond motifs is 5. The Balaban J connectivity index is 0.805. The van der Waals surface area contributed by atoms with Gasteiger partial charge in [-0.2, -0.15) is 0 Å². The van der Waals surface area contributed by atoms with Gasteiger partial charge in [0.15, 0.2) is 5.60 Å². The number of benzene rings is 2. The molecule has 1 fully saturated rings. The van der Waals surface area contributed by atoms with Crippen LogP contribution in [0.5, 0.6) is 0 Å². The second-order valence-electron chi connectivity index (χ2n) is 18.9. The van der Waals surface area contributed by atoms with Gasteiger partial charge < -0.3 is 51.0 Å². The van der Waals surface area contributed by atoms with Crippen molar-refractivity contribution >= 4 is 64.1 Å². The van der Waals surface area contributed by atoms with E-state index in [9.17, 15) is 53.1 Å². The normalized spacial score (nSPS) is 17.6. The Labute approximate surface area is 428 Å². The Hall–Kier alpha value is -7.92. The predicted octanol–water partition coefficient (Wildman–Crippen LogP) is 0.506. The molecule has 22 nitrogen and oxygen atoms in total. The highest BCUT2D eigenvalue weighted by Crippen LogP contribution is 2.46. The van der Waals surface area contributed by atoms with Crippen molar-refractivity contribution in [2.75, 3.05) is 39.5 Å². The molecule has 0 radical (unpaired) electrons. The number of halogens is 1. The molecule has 1 saturated heterocycles. The first-order valence-corrected chi connectivity index (χ1v) is 24.9. The summed E-state index contributed by atoms with van der Waals surface area (Å²) in [6, 6.07) is 9.84. The van der Waals surface area contributed by atoms with Crippen molar-refractivity contribution in [3.8, 4) is 11.4 Å². The number of aliphatic hydroxyl groups is 1. The quantitative estimate of drug-likeness (QED) is 0.0215. The largest absolute Gasteiger partial charge is 0.458 e.